The standard InChI is InChI=1S/C7H12ClNOS/c8-4-6-3-7(10)9(5-6)1-2-11/h6,11H,1-5H2. The Labute approximate surface area is 77.3 Å². The highest BCUT2D eigenvalue weighted by molar-refractivity contribution is 7.80. The third kappa shape index (κ3) is 2.27. The average molecular weight is 194 g/mol. The van der Waals surface area contributed by atoms with Crippen LogP contribution in [0.25, 0.3) is 0 Å². The molecule has 4 heteroatoms. The van der Waals surface area contributed by atoms with Crippen LogP contribution in [-0.2, 0) is 4.79 Å². The predicted molar refractivity (Wildman–Crippen MR) is 49.3 cm³/mol. The Morgan fingerprint density at radius 1 is 1.73 bits per heavy atom. The number of thiol groups is 1. The largest absolute Gasteiger partial charge is 0.342 e. The van der Waals surface area contributed by atoms with Gasteiger partial charge in [0.25, 0.3) is 0 Å². The first-order chi connectivity index (χ1) is 5.27. The summed E-state index contributed by atoms with van der Waals surface area (Å²) in [5.74, 6) is 1.92. The summed E-state index contributed by atoms with van der Waals surface area (Å²) in [5.41, 5.74) is 0. The van der Waals surface area contributed by atoms with Gasteiger partial charge in [-0.25, -0.2) is 0 Å². The molecule has 0 bridgehead atoms. The number of carbonyl (C=O) groups excluding carboxylic acids is 1. The first kappa shape index (κ1) is 9.20. The van der Waals surface area contributed by atoms with E-state index in [9.17, 15) is 4.79 Å². The van der Waals surface area contributed by atoms with E-state index in [-0.39, 0.29) is 5.91 Å². The van der Waals surface area contributed by atoms with Crippen molar-refractivity contribution < 1.29 is 4.79 Å². The van der Waals surface area contributed by atoms with Crippen molar-refractivity contribution in [3.05, 3.63) is 0 Å². The lowest BCUT2D eigenvalue weighted by atomic mass is 10.2. The molecule has 1 aliphatic heterocycles. The molecular formula is C7H12ClNOS. The average Bonchev–Trinajstić information content (AvgIpc) is 2.33. The molecule has 0 N–H and O–H groups in total. The fourth-order valence-corrected chi connectivity index (χ4v) is 1.74. The molecule has 1 fully saturated rings. The van der Waals surface area contributed by atoms with Crippen molar-refractivity contribution in [3.63, 3.8) is 0 Å². The second-order valence-electron chi connectivity index (χ2n) is 2.79. The van der Waals surface area contributed by atoms with Gasteiger partial charge in [-0.3, -0.25) is 4.79 Å². The number of halogens is 1. The fourth-order valence-electron chi connectivity index (χ4n) is 1.29. The van der Waals surface area contributed by atoms with E-state index in [1.807, 2.05) is 4.90 Å². The second kappa shape index (κ2) is 4.21. The van der Waals surface area contributed by atoms with Crippen LogP contribution < -0.4 is 0 Å². The Morgan fingerprint density at radius 2 is 2.45 bits per heavy atom. The lowest BCUT2D eigenvalue weighted by Gasteiger charge is -2.13. The van der Waals surface area contributed by atoms with Crippen LogP contribution in [0.2, 0.25) is 0 Å². The van der Waals surface area contributed by atoms with E-state index in [4.69, 9.17) is 11.6 Å². The minimum Gasteiger partial charge on any atom is -0.342 e. The molecule has 1 unspecified atom stereocenters. The number of amides is 1. The van der Waals surface area contributed by atoms with Crippen molar-refractivity contribution in [2.75, 3.05) is 24.7 Å². The maximum atomic E-state index is 11.2. The molecule has 0 radical (unpaired) electrons. The number of hydrogen-bond acceptors (Lipinski definition) is 2. The van der Waals surface area contributed by atoms with Crippen LogP contribution in [0.4, 0.5) is 0 Å². The van der Waals surface area contributed by atoms with Crippen molar-refractivity contribution in [2.24, 2.45) is 5.92 Å². The zero-order valence-electron chi connectivity index (χ0n) is 6.29. The second-order valence-corrected chi connectivity index (χ2v) is 3.54. The van der Waals surface area contributed by atoms with E-state index < -0.39 is 0 Å². The van der Waals surface area contributed by atoms with E-state index in [1.54, 1.807) is 0 Å². The Balaban J connectivity index is 2.38. The highest BCUT2D eigenvalue weighted by atomic mass is 35.5. The highest BCUT2D eigenvalue weighted by Gasteiger charge is 2.27. The lowest BCUT2D eigenvalue weighted by molar-refractivity contribution is -0.127. The zero-order valence-corrected chi connectivity index (χ0v) is 7.94. The molecular weight excluding hydrogens is 182 g/mol. The molecule has 11 heavy (non-hydrogen) atoms. The van der Waals surface area contributed by atoms with Gasteiger partial charge in [0.05, 0.1) is 0 Å². The van der Waals surface area contributed by atoms with Gasteiger partial charge in [-0.15, -0.1) is 11.6 Å². The third-order valence-corrected chi connectivity index (χ3v) is 2.52. The van der Waals surface area contributed by atoms with Crippen LogP contribution in [0.15, 0.2) is 0 Å². The van der Waals surface area contributed by atoms with Gasteiger partial charge in [0.2, 0.25) is 5.91 Å². The maximum Gasteiger partial charge on any atom is 0.222 e. The molecule has 1 rings (SSSR count). The minimum absolute atomic E-state index is 0.227. The van der Waals surface area contributed by atoms with Crippen LogP contribution in [-0.4, -0.2) is 35.5 Å². The summed E-state index contributed by atoms with van der Waals surface area (Å²) in [7, 11) is 0. The van der Waals surface area contributed by atoms with Crippen molar-refractivity contribution in [3.8, 4) is 0 Å². The SMILES string of the molecule is O=C1CC(CCl)CN1CCS. The van der Waals surface area contributed by atoms with Crippen LogP contribution in [0.5, 0.6) is 0 Å². The summed E-state index contributed by atoms with van der Waals surface area (Å²) in [5, 5.41) is 0. The Kier molecular flexibility index (Phi) is 3.52. The molecule has 1 aliphatic rings. The van der Waals surface area contributed by atoms with Crippen LogP contribution >= 0.6 is 24.2 Å². The normalized spacial score (nSPS) is 24.7. The van der Waals surface area contributed by atoms with Gasteiger partial charge in [-0.1, -0.05) is 0 Å². The van der Waals surface area contributed by atoms with Gasteiger partial charge >= 0.3 is 0 Å². The topological polar surface area (TPSA) is 20.3 Å². The molecule has 2 nitrogen and oxygen atoms in total. The molecule has 0 spiro atoms. The van der Waals surface area contributed by atoms with Crippen molar-refractivity contribution in [2.45, 2.75) is 6.42 Å². The van der Waals surface area contributed by atoms with Gasteiger partial charge in [0.1, 0.15) is 0 Å². The summed E-state index contributed by atoms with van der Waals surface area (Å²) < 4.78 is 0. The van der Waals surface area contributed by atoms with Crippen LogP contribution in [0.3, 0.4) is 0 Å². The smallest absolute Gasteiger partial charge is 0.222 e. The first-order valence-corrected chi connectivity index (χ1v) is 4.89. The number of carbonyl (C=O) groups is 1. The fraction of sp³-hybridized carbons (Fsp3) is 0.857. The van der Waals surface area contributed by atoms with Crippen molar-refractivity contribution in [1.82, 2.24) is 4.90 Å². The van der Waals surface area contributed by atoms with E-state index in [0.29, 0.717) is 18.2 Å². The van der Waals surface area contributed by atoms with E-state index in [0.717, 1.165) is 18.8 Å². The monoisotopic (exact) mass is 193 g/mol. The van der Waals surface area contributed by atoms with Gasteiger partial charge in [-0.05, 0) is 5.92 Å². The van der Waals surface area contributed by atoms with Gasteiger partial charge in [0.15, 0.2) is 0 Å². The molecule has 1 heterocycles. The molecule has 0 aliphatic carbocycles. The van der Waals surface area contributed by atoms with Crippen molar-refractivity contribution in [1.29, 1.82) is 0 Å². The maximum absolute atomic E-state index is 11.2. The summed E-state index contributed by atoms with van der Waals surface area (Å²) in [6.07, 6.45) is 0.622. The van der Waals surface area contributed by atoms with E-state index in [2.05, 4.69) is 12.6 Å². The summed E-state index contributed by atoms with van der Waals surface area (Å²) in [4.78, 5) is 13.0. The number of rotatable bonds is 3. The van der Waals surface area contributed by atoms with Crippen LogP contribution in [0, 0.1) is 5.92 Å². The number of nitrogens with zero attached hydrogens (tertiary/aromatic N) is 1. The van der Waals surface area contributed by atoms with Gasteiger partial charge in [0, 0.05) is 31.1 Å². The molecule has 0 aromatic carbocycles. The number of likely N-dealkylation sites (tertiary alicyclic amines) is 1. The molecule has 0 saturated carbocycles. The Bertz CT molecular complexity index is 153. The molecule has 0 aromatic rings. The van der Waals surface area contributed by atoms with E-state index in [1.165, 1.54) is 0 Å². The summed E-state index contributed by atoms with van der Waals surface area (Å²) in [6.45, 7) is 1.58. The third-order valence-electron chi connectivity index (χ3n) is 1.88. The summed E-state index contributed by atoms with van der Waals surface area (Å²) >= 11 is 9.71. The van der Waals surface area contributed by atoms with Crippen molar-refractivity contribution >= 4 is 30.1 Å². The predicted octanol–water partition coefficient (Wildman–Crippen LogP) is 1.00. The van der Waals surface area contributed by atoms with E-state index >= 15 is 0 Å². The molecule has 64 valence electrons. The molecule has 0 aromatic heterocycles. The summed E-state index contributed by atoms with van der Waals surface area (Å²) in [6, 6.07) is 0. The Hall–Kier alpha value is 0.110. The van der Waals surface area contributed by atoms with Crippen LogP contribution in [0.1, 0.15) is 6.42 Å². The molecule has 1 atom stereocenters. The lowest BCUT2D eigenvalue weighted by Crippen LogP contribution is -2.27. The quantitative estimate of drug-likeness (QED) is 0.524. The number of alkyl halides is 1. The number of hydrogen-bond donors (Lipinski definition) is 1. The van der Waals surface area contributed by atoms with Gasteiger partial charge < -0.3 is 4.90 Å². The first-order valence-electron chi connectivity index (χ1n) is 3.72. The molecule has 1 amide bonds. The Morgan fingerprint density at radius 3 is 2.91 bits per heavy atom. The molecule has 1 saturated heterocycles. The zero-order chi connectivity index (χ0) is 8.27. The minimum atomic E-state index is 0.227. The highest BCUT2D eigenvalue weighted by Crippen LogP contribution is 2.18. The van der Waals surface area contributed by atoms with Gasteiger partial charge in [-0.2, -0.15) is 12.6 Å².